The molecule has 2 heterocycles. The van der Waals surface area contributed by atoms with Crippen LogP contribution in [0.25, 0.3) is 17.4 Å². The van der Waals surface area contributed by atoms with Gasteiger partial charge < -0.3 is 14.3 Å². The zero-order valence-corrected chi connectivity index (χ0v) is 17.9. The summed E-state index contributed by atoms with van der Waals surface area (Å²) in [6.45, 7) is 2.29. The second kappa shape index (κ2) is 9.15. The number of aromatic carboxylic acids is 1. The summed E-state index contributed by atoms with van der Waals surface area (Å²) in [6.07, 6.45) is 1.48. The molecule has 1 aliphatic rings. The van der Waals surface area contributed by atoms with Crippen LogP contribution in [-0.2, 0) is 4.79 Å². The molecule has 0 spiro atoms. The van der Waals surface area contributed by atoms with Crippen LogP contribution >= 0.6 is 11.8 Å². The normalized spacial score (nSPS) is 14.9. The van der Waals surface area contributed by atoms with Crippen LogP contribution in [0.3, 0.4) is 0 Å². The third-order valence-corrected chi connectivity index (χ3v) is 5.71. The highest BCUT2D eigenvalue weighted by Gasteiger charge is 2.35. The minimum absolute atomic E-state index is 0.113. The molecule has 8 heteroatoms. The van der Waals surface area contributed by atoms with E-state index in [9.17, 15) is 19.5 Å². The third kappa shape index (κ3) is 4.60. The van der Waals surface area contributed by atoms with Gasteiger partial charge in [0.05, 0.1) is 17.0 Å². The maximum Gasteiger partial charge on any atom is 0.336 e. The molecule has 2 aromatic carbocycles. The molecular formula is C24H19NO6S. The largest absolute Gasteiger partial charge is 0.492 e. The number of furan rings is 1. The van der Waals surface area contributed by atoms with Crippen molar-refractivity contribution in [2.45, 2.75) is 6.92 Å². The lowest BCUT2D eigenvalue weighted by atomic mass is 10.1. The Balaban J connectivity index is 1.44. The number of aryl methyl sites for hydroxylation is 1. The van der Waals surface area contributed by atoms with Crippen molar-refractivity contribution in [3.8, 4) is 17.1 Å². The number of nitrogens with zero attached hydrogens (tertiary/aromatic N) is 1. The van der Waals surface area contributed by atoms with Crippen molar-refractivity contribution in [2.24, 2.45) is 0 Å². The van der Waals surface area contributed by atoms with Gasteiger partial charge in [-0.3, -0.25) is 14.5 Å². The Hall–Kier alpha value is -3.78. The van der Waals surface area contributed by atoms with E-state index in [0.717, 1.165) is 22.2 Å². The molecule has 1 fully saturated rings. The van der Waals surface area contributed by atoms with Gasteiger partial charge in [0.25, 0.3) is 11.1 Å². The molecule has 0 saturated carbocycles. The molecule has 4 rings (SSSR count). The quantitative estimate of drug-likeness (QED) is 0.503. The monoisotopic (exact) mass is 449 g/mol. The van der Waals surface area contributed by atoms with Crippen molar-refractivity contribution in [2.75, 3.05) is 13.2 Å². The molecule has 32 heavy (non-hydrogen) atoms. The zero-order valence-electron chi connectivity index (χ0n) is 17.1. The van der Waals surface area contributed by atoms with E-state index in [1.165, 1.54) is 12.1 Å². The summed E-state index contributed by atoms with van der Waals surface area (Å²) in [5.41, 5.74) is 1.66. The summed E-state index contributed by atoms with van der Waals surface area (Å²) in [4.78, 5) is 37.8. The standard InChI is InChI=1S/C24H19NO6S/c1-15-6-8-16(9-7-15)30-13-12-25-22(26)21(32-24(25)29)14-17-10-11-20(31-17)18-4-2-3-5-19(18)23(27)28/h2-11,14H,12-13H2,1H3,(H,27,28)/b21-14-. The van der Waals surface area contributed by atoms with Gasteiger partial charge in [0.15, 0.2) is 0 Å². The van der Waals surface area contributed by atoms with Gasteiger partial charge in [-0.2, -0.15) is 0 Å². The molecule has 0 bridgehead atoms. The molecule has 1 N–H and O–H groups in total. The molecule has 162 valence electrons. The first-order chi connectivity index (χ1) is 15.4. The summed E-state index contributed by atoms with van der Waals surface area (Å²) < 4.78 is 11.3. The molecule has 2 amide bonds. The molecule has 3 aromatic rings. The third-order valence-electron chi connectivity index (χ3n) is 4.80. The van der Waals surface area contributed by atoms with Crippen LogP contribution in [0, 0.1) is 6.92 Å². The maximum absolute atomic E-state index is 12.7. The van der Waals surface area contributed by atoms with Gasteiger partial charge in [-0.1, -0.05) is 35.9 Å². The molecule has 1 saturated heterocycles. The summed E-state index contributed by atoms with van der Waals surface area (Å²) in [5.74, 6) is -0.103. The molecule has 0 aliphatic carbocycles. The number of hydrogen-bond acceptors (Lipinski definition) is 6. The van der Waals surface area contributed by atoms with Gasteiger partial charge in [0, 0.05) is 11.6 Å². The van der Waals surface area contributed by atoms with E-state index >= 15 is 0 Å². The summed E-state index contributed by atoms with van der Waals surface area (Å²) >= 11 is 0.827. The smallest absolute Gasteiger partial charge is 0.336 e. The second-order valence-corrected chi connectivity index (χ2v) is 8.04. The number of carboxylic acid groups (broad SMARTS) is 1. The lowest BCUT2D eigenvalue weighted by Gasteiger charge is -2.13. The number of carbonyl (C=O) groups excluding carboxylic acids is 2. The zero-order chi connectivity index (χ0) is 22.7. The van der Waals surface area contributed by atoms with Crippen LogP contribution in [-0.4, -0.2) is 40.3 Å². The molecule has 0 atom stereocenters. The van der Waals surface area contributed by atoms with E-state index in [1.54, 1.807) is 30.3 Å². The minimum Gasteiger partial charge on any atom is -0.492 e. The average Bonchev–Trinajstić information content (AvgIpc) is 3.35. The fraction of sp³-hybridized carbons (Fsp3) is 0.125. The number of ether oxygens (including phenoxy) is 1. The van der Waals surface area contributed by atoms with Gasteiger partial charge in [0.2, 0.25) is 0 Å². The van der Waals surface area contributed by atoms with Gasteiger partial charge >= 0.3 is 5.97 Å². The Kier molecular flexibility index (Phi) is 6.13. The van der Waals surface area contributed by atoms with Gasteiger partial charge in [-0.25, -0.2) is 4.79 Å². The first-order valence-corrected chi connectivity index (χ1v) is 10.6. The number of carbonyl (C=O) groups is 3. The van der Waals surface area contributed by atoms with E-state index < -0.39 is 11.9 Å². The Morgan fingerprint density at radius 3 is 2.59 bits per heavy atom. The van der Waals surface area contributed by atoms with Crippen molar-refractivity contribution in [1.29, 1.82) is 0 Å². The fourth-order valence-corrected chi connectivity index (χ4v) is 4.02. The topological polar surface area (TPSA) is 97.1 Å². The van der Waals surface area contributed by atoms with Crippen molar-refractivity contribution in [3.63, 3.8) is 0 Å². The van der Waals surface area contributed by atoms with E-state index in [1.807, 2.05) is 31.2 Å². The number of imide groups is 1. The van der Waals surface area contributed by atoms with E-state index in [-0.39, 0.29) is 28.9 Å². The Morgan fingerprint density at radius 2 is 1.84 bits per heavy atom. The van der Waals surface area contributed by atoms with Crippen LogP contribution in [0.5, 0.6) is 5.75 Å². The first kappa shape index (κ1) is 21.5. The summed E-state index contributed by atoms with van der Waals surface area (Å²) in [6, 6.07) is 17.3. The Bertz CT molecular complexity index is 1210. The van der Waals surface area contributed by atoms with Crippen LogP contribution in [0.2, 0.25) is 0 Å². The van der Waals surface area contributed by atoms with Gasteiger partial charge in [0.1, 0.15) is 23.9 Å². The number of benzene rings is 2. The number of thioether (sulfide) groups is 1. The number of rotatable bonds is 7. The van der Waals surface area contributed by atoms with Crippen LogP contribution in [0.15, 0.2) is 70.0 Å². The Labute approximate surface area is 188 Å². The Morgan fingerprint density at radius 1 is 1.09 bits per heavy atom. The van der Waals surface area contributed by atoms with Gasteiger partial charge in [-0.05, 0) is 49.0 Å². The van der Waals surface area contributed by atoms with Crippen LogP contribution < -0.4 is 4.74 Å². The SMILES string of the molecule is Cc1ccc(OCCN2C(=O)S/C(=C\c3ccc(-c4ccccc4C(=O)O)o3)C2=O)cc1. The van der Waals surface area contributed by atoms with E-state index in [0.29, 0.717) is 22.8 Å². The molecule has 0 unspecified atom stereocenters. The first-order valence-electron chi connectivity index (χ1n) is 9.80. The predicted molar refractivity (Wildman–Crippen MR) is 120 cm³/mol. The van der Waals surface area contributed by atoms with E-state index in [4.69, 9.17) is 9.15 Å². The van der Waals surface area contributed by atoms with Crippen molar-refractivity contribution < 1.29 is 28.6 Å². The average molecular weight is 449 g/mol. The van der Waals surface area contributed by atoms with Crippen molar-refractivity contribution in [1.82, 2.24) is 4.90 Å². The molecule has 1 aromatic heterocycles. The maximum atomic E-state index is 12.7. The lowest BCUT2D eigenvalue weighted by Crippen LogP contribution is -2.32. The highest BCUT2D eigenvalue weighted by atomic mass is 32.2. The summed E-state index contributed by atoms with van der Waals surface area (Å²) in [7, 11) is 0. The number of carboxylic acids is 1. The molecular weight excluding hydrogens is 430 g/mol. The second-order valence-electron chi connectivity index (χ2n) is 7.05. The highest BCUT2D eigenvalue weighted by Crippen LogP contribution is 2.33. The molecule has 7 nitrogen and oxygen atoms in total. The lowest BCUT2D eigenvalue weighted by molar-refractivity contribution is -0.123. The van der Waals surface area contributed by atoms with E-state index in [2.05, 4.69) is 0 Å². The van der Waals surface area contributed by atoms with Crippen molar-refractivity contribution >= 4 is 35.0 Å². The number of hydrogen-bond donors (Lipinski definition) is 1. The van der Waals surface area contributed by atoms with Crippen molar-refractivity contribution in [3.05, 3.63) is 82.5 Å². The fourth-order valence-electron chi connectivity index (χ4n) is 3.17. The predicted octanol–water partition coefficient (Wildman–Crippen LogP) is 5.07. The summed E-state index contributed by atoms with van der Waals surface area (Å²) in [5, 5.41) is 8.98. The molecule has 0 radical (unpaired) electrons. The van der Waals surface area contributed by atoms with Gasteiger partial charge in [-0.15, -0.1) is 0 Å². The molecule has 1 aliphatic heterocycles. The minimum atomic E-state index is -1.06. The van der Waals surface area contributed by atoms with Crippen LogP contribution in [0.1, 0.15) is 21.7 Å². The number of amides is 2. The van der Waals surface area contributed by atoms with Crippen LogP contribution in [0.4, 0.5) is 4.79 Å². The highest BCUT2D eigenvalue weighted by molar-refractivity contribution is 8.18.